The second kappa shape index (κ2) is 5.46. The monoisotopic (exact) mass is 322 g/mol. The maximum atomic E-state index is 11.5. The van der Waals surface area contributed by atoms with Gasteiger partial charge in [-0.05, 0) is 28.4 Å². The quantitative estimate of drug-likeness (QED) is 0.666. The number of benzene rings is 1. The van der Waals surface area contributed by atoms with Crippen LogP contribution in [0.15, 0.2) is 22.7 Å². The molecule has 0 heterocycles. The molecule has 0 saturated heterocycles. The number of halogens is 1. The van der Waals surface area contributed by atoms with Gasteiger partial charge < -0.3 is 0 Å². The van der Waals surface area contributed by atoms with Crippen molar-refractivity contribution in [2.45, 2.75) is 13.3 Å². The van der Waals surface area contributed by atoms with Gasteiger partial charge in [0.1, 0.15) is 0 Å². The van der Waals surface area contributed by atoms with Crippen LogP contribution in [-0.4, -0.2) is 19.1 Å². The topological polar surface area (TPSA) is 89.3 Å². The fourth-order valence-corrected chi connectivity index (χ4v) is 2.94. The van der Waals surface area contributed by atoms with Crippen LogP contribution in [0.25, 0.3) is 0 Å². The van der Waals surface area contributed by atoms with Gasteiger partial charge in [0.15, 0.2) is 0 Å². The Morgan fingerprint density at radius 3 is 2.59 bits per heavy atom. The Kier molecular flexibility index (Phi) is 4.47. The first kappa shape index (κ1) is 13.9. The van der Waals surface area contributed by atoms with Crippen molar-refractivity contribution < 1.29 is 13.3 Å². The lowest BCUT2D eigenvalue weighted by Gasteiger charge is -2.08. The number of non-ortho nitro benzene ring substituents is 1. The maximum absolute atomic E-state index is 11.5. The molecule has 0 bridgehead atoms. The number of nitro benzene ring substituents is 1. The highest BCUT2D eigenvalue weighted by molar-refractivity contribution is 9.10. The number of sulfonamides is 1. The number of hydrogen-bond acceptors (Lipinski definition) is 4. The first-order valence-corrected chi connectivity index (χ1v) is 7.24. The van der Waals surface area contributed by atoms with Gasteiger partial charge in [0, 0.05) is 16.6 Å². The average molecular weight is 323 g/mol. The summed E-state index contributed by atoms with van der Waals surface area (Å²) in [7, 11) is -3.39. The molecule has 0 aliphatic carbocycles. The van der Waals surface area contributed by atoms with Gasteiger partial charge in [-0.3, -0.25) is 14.8 Å². The van der Waals surface area contributed by atoms with Crippen molar-refractivity contribution in [2.24, 2.45) is 0 Å². The average Bonchev–Trinajstić information content (AvgIpc) is 2.20. The molecule has 1 aromatic carbocycles. The van der Waals surface area contributed by atoms with Crippen LogP contribution in [0.2, 0.25) is 0 Å². The van der Waals surface area contributed by atoms with Gasteiger partial charge in [-0.2, -0.15) is 0 Å². The van der Waals surface area contributed by atoms with E-state index < -0.39 is 14.9 Å². The summed E-state index contributed by atoms with van der Waals surface area (Å²) < 4.78 is 25.7. The molecule has 0 fully saturated rings. The van der Waals surface area contributed by atoms with E-state index in [-0.39, 0.29) is 11.4 Å². The number of anilines is 1. The second-order valence-corrected chi connectivity index (χ2v) is 6.04. The van der Waals surface area contributed by atoms with Gasteiger partial charge in [0.25, 0.3) is 5.69 Å². The SMILES string of the molecule is CCCS(=O)(=O)Nc1ccc([N+](=O)[O-])cc1Br. The van der Waals surface area contributed by atoms with Crippen molar-refractivity contribution in [3.8, 4) is 0 Å². The van der Waals surface area contributed by atoms with Gasteiger partial charge in [0.05, 0.1) is 16.4 Å². The molecule has 1 N–H and O–H groups in total. The van der Waals surface area contributed by atoms with Crippen LogP contribution < -0.4 is 4.72 Å². The smallest absolute Gasteiger partial charge is 0.270 e. The van der Waals surface area contributed by atoms with Crippen LogP contribution in [0.5, 0.6) is 0 Å². The molecule has 0 aliphatic rings. The minimum atomic E-state index is -3.39. The summed E-state index contributed by atoms with van der Waals surface area (Å²) in [4.78, 5) is 9.95. The highest BCUT2D eigenvalue weighted by Gasteiger charge is 2.14. The lowest BCUT2D eigenvalue weighted by Crippen LogP contribution is -2.16. The van der Waals surface area contributed by atoms with Crippen molar-refractivity contribution >= 4 is 37.3 Å². The fourth-order valence-electron chi connectivity index (χ4n) is 1.19. The first-order chi connectivity index (χ1) is 7.85. The summed E-state index contributed by atoms with van der Waals surface area (Å²) in [6.07, 6.45) is 0.500. The molecule has 0 amide bonds. The summed E-state index contributed by atoms with van der Waals surface area (Å²) in [6, 6.07) is 3.85. The Labute approximate surface area is 107 Å². The van der Waals surface area contributed by atoms with Gasteiger partial charge in [0.2, 0.25) is 10.0 Å². The van der Waals surface area contributed by atoms with E-state index in [0.29, 0.717) is 16.6 Å². The van der Waals surface area contributed by atoms with E-state index in [1.165, 1.54) is 18.2 Å². The van der Waals surface area contributed by atoms with Crippen LogP contribution in [0.4, 0.5) is 11.4 Å². The second-order valence-electron chi connectivity index (χ2n) is 3.34. The molecule has 94 valence electrons. The van der Waals surface area contributed by atoms with Crippen LogP contribution >= 0.6 is 15.9 Å². The predicted octanol–water partition coefficient (Wildman–Crippen LogP) is 2.51. The Hall–Kier alpha value is -1.15. The highest BCUT2D eigenvalue weighted by atomic mass is 79.9. The standard InChI is InChI=1S/C9H11BrN2O4S/c1-2-5-17(15,16)11-9-4-3-7(12(13)14)6-8(9)10/h3-4,6,11H,2,5H2,1H3. The lowest BCUT2D eigenvalue weighted by atomic mass is 10.3. The van der Waals surface area contributed by atoms with Crippen LogP contribution in [0.3, 0.4) is 0 Å². The molecule has 0 saturated carbocycles. The Morgan fingerprint density at radius 1 is 1.47 bits per heavy atom. The van der Waals surface area contributed by atoms with E-state index in [1.54, 1.807) is 6.92 Å². The van der Waals surface area contributed by atoms with Gasteiger partial charge >= 0.3 is 0 Å². The normalized spacial score (nSPS) is 11.2. The van der Waals surface area contributed by atoms with E-state index in [0.717, 1.165) is 0 Å². The molecule has 0 atom stereocenters. The van der Waals surface area contributed by atoms with Crippen molar-refractivity contribution in [1.82, 2.24) is 0 Å². The Balaban J connectivity index is 2.98. The third-order valence-corrected chi connectivity index (χ3v) is 4.03. The largest absolute Gasteiger partial charge is 0.282 e. The van der Waals surface area contributed by atoms with Gasteiger partial charge in [-0.15, -0.1) is 0 Å². The minimum Gasteiger partial charge on any atom is -0.282 e. The van der Waals surface area contributed by atoms with Crippen LogP contribution in [-0.2, 0) is 10.0 Å². The Morgan fingerprint density at radius 2 is 2.12 bits per heavy atom. The molecule has 0 spiro atoms. The molecule has 1 rings (SSSR count). The highest BCUT2D eigenvalue weighted by Crippen LogP contribution is 2.27. The molecule has 17 heavy (non-hydrogen) atoms. The summed E-state index contributed by atoms with van der Waals surface area (Å²) >= 11 is 3.09. The molecular weight excluding hydrogens is 312 g/mol. The molecule has 0 aliphatic heterocycles. The number of nitrogens with zero attached hydrogens (tertiary/aromatic N) is 1. The molecule has 0 aromatic heterocycles. The van der Waals surface area contributed by atoms with Crippen molar-refractivity contribution in [1.29, 1.82) is 0 Å². The fraction of sp³-hybridized carbons (Fsp3) is 0.333. The lowest BCUT2D eigenvalue weighted by molar-refractivity contribution is -0.384. The third-order valence-electron chi connectivity index (χ3n) is 1.90. The summed E-state index contributed by atoms with van der Waals surface area (Å²) in [5.41, 5.74) is 0.194. The van der Waals surface area contributed by atoms with Crippen LogP contribution in [0, 0.1) is 10.1 Å². The maximum Gasteiger partial charge on any atom is 0.270 e. The summed E-state index contributed by atoms with van der Waals surface area (Å²) in [5, 5.41) is 10.5. The number of rotatable bonds is 5. The summed E-state index contributed by atoms with van der Waals surface area (Å²) in [5.74, 6) is 0.0103. The molecule has 0 unspecified atom stereocenters. The Bertz CT molecular complexity index is 530. The molecule has 0 radical (unpaired) electrons. The van der Waals surface area contributed by atoms with Crippen LogP contribution in [0.1, 0.15) is 13.3 Å². The zero-order chi connectivity index (χ0) is 13.1. The van der Waals surface area contributed by atoms with E-state index in [4.69, 9.17) is 0 Å². The van der Waals surface area contributed by atoms with E-state index in [9.17, 15) is 18.5 Å². The van der Waals surface area contributed by atoms with Gasteiger partial charge in [-0.25, -0.2) is 8.42 Å². The molecule has 6 nitrogen and oxygen atoms in total. The van der Waals surface area contributed by atoms with Crippen molar-refractivity contribution in [3.05, 3.63) is 32.8 Å². The van der Waals surface area contributed by atoms with E-state index in [1.807, 2.05) is 0 Å². The molecule has 8 heteroatoms. The molecule has 1 aromatic rings. The van der Waals surface area contributed by atoms with E-state index in [2.05, 4.69) is 20.7 Å². The molecular formula is C9H11BrN2O4S. The summed E-state index contributed by atoms with van der Waals surface area (Å²) in [6.45, 7) is 1.75. The zero-order valence-corrected chi connectivity index (χ0v) is 11.4. The zero-order valence-electron chi connectivity index (χ0n) is 9.01. The third kappa shape index (κ3) is 3.97. The van der Waals surface area contributed by atoms with E-state index >= 15 is 0 Å². The van der Waals surface area contributed by atoms with Gasteiger partial charge in [-0.1, -0.05) is 6.92 Å². The number of nitro groups is 1. The first-order valence-electron chi connectivity index (χ1n) is 4.80. The number of nitrogens with one attached hydrogen (secondary N) is 1. The van der Waals surface area contributed by atoms with Crippen molar-refractivity contribution in [2.75, 3.05) is 10.5 Å². The van der Waals surface area contributed by atoms with Crippen molar-refractivity contribution in [3.63, 3.8) is 0 Å². The minimum absolute atomic E-state index is 0.0103. The predicted molar refractivity (Wildman–Crippen MR) is 68.5 cm³/mol. The number of hydrogen-bond donors (Lipinski definition) is 1.